The Balaban J connectivity index is 2.46. The number of aliphatic carboxylic acids is 1. The minimum atomic E-state index is -0.884. The van der Waals surface area contributed by atoms with Gasteiger partial charge in [0.25, 0.3) is 0 Å². The maximum Gasteiger partial charge on any atom is 0.317 e. The Morgan fingerprint density at radius 3 is 2.26 bits per heavy atom. The van der Waals surface area contributed by atoms with Gasteiger partial charge in [0.05, 0.1) is 5.92 Å². The Morgan fingerprint density at radius 1 is 1.32 bits per heavy atom. The summed E-state index contributed by atoms with van der Waals surface area (Å²) in [4.78, 5) is 24.7. The van der Waals surface area contributed by atoms with E-state index in [2.05, 4.69) is 19.2 Å². The van der Waals surface area contributed by atoms with E-state index in [9.17, 15) is 9.59 Å². The summed E-state index contributed by atoms with van der Waals surface area (Å²) in [5.74, 6) is -1.46. The third-order valence-corrected chi connectivity index (χ3v) is 4.60. The number of carbonyl (C=O) groups excluding carboxylic acids is 1. The molecule has 2 atom stereocenters. The molecule has 2 unspecified atom stereocenters. The first kappa shape index (κ1) is 15.8. The van der Waals surface area contributed by atoms with Crippen LogP contribution in [-0.2, 0) is 4.79 Å². The highest BCUT2D eigenvalue weighted by Gasteiger charge is 2.31. The first-order valence-corrected chi connectivity index (χ1v) is 7.07. The van der Waals surface area contributed by atoms with Crippen molar-refractivity contribution in [1.29, 1.82) is 0 Å². The normalized spacial score (nSPS) is 21.6. The monoisotopic (exact) mass is 270 g/mol. The second-order valence-electron chi connectivity index (χ2n) is 6.02. The maximum atomic E-state index is 12.1. The molecular formula is C14H26N2O3. The molecular weight excluding hydrogens is 244 g/mol. The molecule has 0 aromatic rings. The molecule has 0 bridgehead atoms. The fourth-order valence-electron chi connectivity index (χ4n) is 2.23. The van der Waals surface area contributed by atoms with Gasteiger partial charge in [0.1, 0.15) is 0 Å². The topological polar surface area (TPSA) is 69.6 Å². The van der Waals surface area contributed by atoms with Crippen LogP contribution in [0.4, 0.5) is 4.79 Å². The van der Waals surface area contributed by atoms with Gasteiger partial charge in [-0.05, 0) is 32.1 Å². The van der Waals surface area contributed by atoms with E-state index in [0.29, 0.717) is 5.41 Å². The molecule has 0 spiro atoms. The Hall–Kier alpha value is -1.26. The van der Waals surface area contributed by atoms with Crippen molar-refractivity contribution >= 4 is 12.0 Å². The maximum absolute atomic E-state index is 12.1. The van der Waals surface area contributed by atoms with Crippen molar-refractivity contribution in [3.8, 4) is 0 Å². The zero-order valence-corrected chi connectivity index (χ0v) is 12.4. The zero-order chi connectivity index (χ0) is 14.6. The highest BCUT2D eigenvalue weighted by molar-refractivity contribution is 5.76. The lowest BCUT2D eigenvalue weighted by Gasteiger charge is -2.39. The SMILES string of the molecule is CCC1(C)CCN(C(=O)NC(C)C(C)C(=O)O)CC1. The van der Waals surface area contributed by atoms with Crippen LogP contribution in [0.15, 0.2) is 0 Å². The van der Waals surface area contributed by atoms with Gasteiger partial charge in [0, 0.05) is 19.1 Å². The van der Waals surface area contributed by atoms with Crippen molar-refractivity contribution in [2.75, 3.05) is 13.1 Å². The van der Waals surface area contributed by atoms with Crippen LogP contribution in [0.5, 0.6) is 0 Å². The number of nitrogens with one attached hydrogen (secondary N) is 1. The summed E-state index contributed by atoms with van der Waals surface area (Å²) in [6.45, 7) is 9.30. The molecule has 0 saturated carbocycles. The molecule has 110 valence electrons. The van der Waals surface area contributed by atoms with Gasteiger partial charge in [-0.1, -0.05) is 20.3 Å². The summed E-state index contributed by atoms with van der Waals surface area (Å²) < 4.78 is 0. The minimum Gasteiger partial charge on any atom is -0.481 e. The van der Waals surface area contributed by atoms with Crippen molar-refractivity contribution in [2.45, 2.75) is 53.0 Å². The summed E-state index contributed by atoms with van der Waals surface area (Å²) in [5, 5.41) is 11.7. The molecule has 0 aliphatic carbocycles. The first-order chi connectivity index (χ1) is 8.79. The number of hydrogen-bond acceptors (Lipinski definition) is 2. The minimum absolute atomic E-state index is 0.140. The molecule has 1 heterocycles. The summed E-state index contributed by atoms with van der Waals surface area (Å²) >= 11 is 0. The fourth-order valence-corrected chi connectivity index (χ4v) is 2.23. The predicted molar refractivity (Wildman–Crippen MR) is 74.0 cm³/mol. The summed E-state index contributed by atoms with van der Waals surface area (Å²) in [7, 11) is 0. The van der Waals surface area contributed by atoms with Crippen molar-refractivity contribution in [3.63, 3.8) is 0 Å². The number of likely N-dealkylation sites (tertiary alicyclic amines) is 1. The van der Waals surface area contributed by atoms with Crippen LogP contribution in [-0.4, -0.2) is 41.1 Å². The average Bonchev–Trinajstić information content (AvgIpc) is 2.38. The van der Waals surface area contributed by atoms with Crippen molar-refractivity contribution in [3.05, 3.63) is 0 Å². The van der Waals surface area contributed by atoms with Crippen LogP contribution in [0.25, 0.3) is 0 Å². The van der Waals surface area contributed by atoms with Crippen LogP contribution in [0.3, 0.4) is 0 Å². The number of urea groups is 1. The van der Waals surface area contributed by atoms with Gasteiger partial charge < -0.3 is 15.3 Å². The molecule has 1 aliphatic heterocycles. The summed E-state index contributed by atoms with van der Waals surface area (Å²) in [6.07, 6.45) is 3.16. The van der Waals surface area contributed by atoms with E-state index in [-0.39, 0.29) is 12.1 Å². The lowest BCUT2D eigenvalue weighted by Crippen LogP contribution is -2.50. The zero-order valence-electron chi connectivity index (χ0n) is 12.4. The largest absolute Gasteiger partial charge is 0.481 e. The van der Waals surface area contributed by atoms with E-state index < -0.39 is 11.9 Å². The third kappa shape index (κ3) is 4.11. The Bertz CT molecular complexity index is 336. The predicted octanol–water partition coefficient (Wildman–Crippen LogP) is 2.32. The number of carboxylic acid groups (broad SMARTS) is 1. The smallest absolute Gasteiger partial charge is 0.317 e. The highest BCUT2D eigenvalue weighted by atomic mass is 16.4. The van der Waals surface area contributed by atoms with Gasteiger partial charge in [-0.25, -0.2) is 4.79 Å². The number of rotatable bonds is 4. The van der Waals surface area contributed by atoms with E-state index in [0.717, 1.165) is 32.4 Å². The standard InChI is InChI=1S/C14H26N2O3/c1-5-14(4)6-8-16(9-7-14)13(19)15-11(3)10(2)12(17)18/h10-11H,5-9H2,1-4H3,(H,15,19)(H,17,18). The van der Waals surface area contributed by atoms with E-state index in [4.69, 9.17) is 5.11 Å². The lowest BCUT2D eigenvalue weighted by molar-refractivity contribution is -0.141. The summed E-state index contributed by atoms with van der Waals surface area (Å²) in [5.41, 5.74) is 0.344. The van der Waals surface area contributed by atoms with Gasteiger partial charge in [0.2, 0.25) is 0 Å². The number of piperidine rings is 1. The molecule has 1 fully saturated rings. The van der Waals surface area contributed by atoms with E-state index in [1.165, 1.54) is 0 Å². The summed E-state index contributed by atoms with van der Waals surface area (Å²) in [6, 6.07) is -0.497. The second kappa shape index (κ2) is 6.26. The molecule has 2 N–H and O–H groups in total. The van der Waals surface area contributed by atoms with Gasteiger partial charge >= 0.3 is 12.0 Å². The molecule has 5 nitrogen and oxygen atoms in total. The van der Waals surface area contributed by atoms with Gasteiger partial charge in [-0.15, -0.1) is 0 Å². The van der Waals surface area contributed by atoms with E-state index >= 15 is 0 Å². The number of carboxylic acids is 1. The molecule has 19 heavy (non-hydrogen) atoms. The van der Waals surface area contributed by atoms with Crippen molar-refractivity contribution in [1.82, 2.24) is 10.2 Å². The Kier molecular flexibility index (Phi) is 5.20. The number of nitrogens with zero attached hydrogens (tertiary/aromatic N) is 1. The van der Waals surface area contributed by atoms with Crippen LogP contribution in [0.1, 0.15) is 47.0 Å². The second-order valence-corrected chi connectivity index (χ2v) is 6.02. The van der Waals surface area contributed by atoms with Crippen LogP contribution in [0.2, 0.25) is 0 Å². The molecule has 2 amide bonds. The molecule has 1 saturated heterocycles. The van der Waals surface area contributed by atoms with Gasteiger partial charge in [-0.3, -0.25) is 4.79 Å². The van der Waals surface area contributed by atoms with Crippen LogP contribution < -0.4 is 5.32 Å². The van der Waals surface area contributed by atoms with Gasteiger partial charge in [0.15, 0.2) is 0 Å². The van der Waals surface area contributed by atoms with Gasteiger partial charge in [-0.2, -0.15) is 0 Å². The quantitative estimate of drug-likeness (QED) is 0.823. The van der Waals surface area contributed by atoms with Crippen molar-refractivity contribution < 1.29 is 14.7 Å². The molecule has 0 radical (unpaired) electrons. The first-order valence-electron chi connectivity index (χ1n) is 7.07. The molecule has 0 aromatic carbocycles. The number of carbonyl (C=O) groups is 2. The molecule has 1 rings (SSSR count). The number of amides is 2. The van der Waals surface area contributed by atoms with Crippen LogP contribution in [0, 0.1) is 11.3 Å². The highest BCUT2D eigenvalue weighted by Crippen LogP contribution is 2.33. The fraction of sp³-hybridized carbons (Fsp3) is 0.857. The molecule has 1 aliphatic rings. The van der Waals surface area contributed by atoms with E-state index in [1.807, 2.05) is 0 Å². The third-order valence-electron chi connectivity index (χ3n) is 4.60. The molecule has 5 heteroatoms. The Labute approximate surface area is 115 Å². The van der Waals surface area contributed by atoms with Crippen LogP contribution >= 0.6 is 0 Å². The lowest BCUT2D eigenvalue weighted by atomic mass is 9.78. The Morgan fingerprint density at radius 2 is 1.84 bits per heavy atom. The van der Waals surface area contributed by atoms with E-state index in [1.54, 1.807) is 18.7 Å². The van der Waals surface area contributed by atoms with Crippen molar-refractivity contribution in [2.24, 2.45) is 11.3 Å². The average molecular weight is 270 g/mol. The molecule has 0 aromatic heterocycles. The number of hydrogen-bond donors (Lipinski definition) is 2.